The van der Waals surface area contributed by atoms with Gasteiger partial charge >= 0.3 is 0 Å². The van der Waals surface area contributed by atoms with Gasteiger partial charge in [-0.3, -0.25) is 14.8 Å². The van der Waals surface area contributed by atoms with Crippen LogP contribution in [0.15, 0.2) is 36.7 Å². The van der Waals surface area contributed by atoms with E-state index in [1.54, 1.807) is 18.5 Å². The summed E-state index contributed by atoms with van der Waals surface area (Å²) in [7, 11) is 0. The summed E-state index contributed by atoms with van der Waals surface area (Å²) in [6.07, 6.45) is 3.99. The SMILES string of the molecule is O=Cc1ccc2ccc3nccnc3c2n1. The number of hydrogen-bond acceptors (Lipinski definition) is 4. The predicted octanol–water partition coefficient (Wildman–Crippen LogP) is 1.99. The van der Waals surface area contributed by atoms with Gasteiger partial charge in [0.15, 0.2) is 6.29 Å². The molecule has 2 heterocycles. The van der Waals surface area contributed by atoms with E-state index in [0.29, 0.717) is 5.69 Å². The Balaban J connectivity index is 2.52. The largest absolute Gasteiger partial charge is 0.296 e. The molecule has 0 aliphatic heterocycles. The van der Waals surface area contributed by atoms with Gasteiger partial charge in [0, 0.05) is 17.8 Å². The predicted molar refractivity (Wildman–Crippen MR) is 60.2 cm³/mol. The van der Waals surface area contributed by atoms with E-state index < -0.39 is 0 Å². The van der Waals surface area contributed by atoms with E-state index in [-0.39, 0.29) is 0 Å². The highest BCUT2D eigenvalue weighted by Crippen LogP contribution is 2.20. The smallest absolute Gasteiger partial charge is 0.168 e. The van der Waals surface area contributed by atoms with Crippen LogP contribution in [0.4, 0.5) is 0 Å². The molecule has 1 aromatic carbocycles. The first-order valence-corrected chi connectivity index (χ1v) is 4.84. The number of pyridine rings is 1. The first-order valence-electron chi connectivity index (χ1n) is 4.84. The Hall–Kier alpha value is -2.36. The van der Waals surface area contributed by atoms with Crippen LogP contribution in [0.3, 0.4) is 0 Å². The van der Waals surface area contributed by atoms with Gasteiger partial charge in [0.05, 0.1) is 11.0 Å². The standard InChI is InChI=1S/C12H7N3O/c16-7-9-3-1-8-2-4-10-12(11(8)15-9)14-6-5-13-10/h1-7H. The molecule has 0 unspecified atom stereocenters. The minimum Gasteiger partial charge on any atom is -0.296 e. The highest BCUT2D eigenvalue weighted by Gasteiger charge is 2.04. The number of fused-ring (bicyclic) bond motifs is 3. The molecule has 3 aromatic rings. The highest BCUT2D eigenvalue weighted by molar-refractivity contribution is 6.01. The van der Waals surface area contributed by atoms with E-state index in [1.165, 1.54) is 0 Å². The molecular weight excluding hydrogens is 202 g/mol. The van der Waals surface area contributed by atoms with E-state index in [0.717, 1.165) is 28.2 Å². The summed E-state index contributed by atoms with van der Waals surface area (Å²) < 4.78 is 0. The number of hydrogen-bond donors (Lipinski definition) is 0. The monoisotopic (exact) mass is 209 g/mol. The summed E-state index contributed by atoms with van der Waals surface area (Å²) in [6.45, 7) is 0. The number of aldehydes is 1. The third-order valence-corrected chi connectivity index (χ3v) is 2.44. The molecule has 3 rings (SSSR count). The van der Waals surface area contributed by atoms with Crippen LogP contribution in [-0.2, 0) is 0 Å². The molecule has 0 spiro atoms. The lowest BCUT2D eigenvalue weighted by molar-refractivity contribution is 0.111. The quantitative estimate of drug-likeness (QED) is 0.454. The van der Waals surface area contributed by atoms with Crippen molar-refractivity contribution < 1.29 is 4.79 Å². The second kappa shape index (κ2) is 3.34. The zero-order valence-corrected chi connectivity index (χ0v) is 8.29. The van der Waals surface area contributed by atoms with Crippen LogP contribution in [0.25, 0.3) is 21.9 Å². The van der Waals surface area contributed by atoms with Crippen LogP contribution in [0, 0.1) is 0 Å². The number of nitrogens with zero attached hydrogens (tertiary/aromatic N) is 3. The average Bonchev–Trinajstić information content (AvgIpc) is 2.38. The maximum absolute atomic E-state index is 10.7. The summed E-state index contributed by atoms with van der Waals surface area (Å²) in [4.78, 5) is 23.4. The number of carbonyl (C=O) groups excluding carboxylic acids is 1. The lowest BCUT2D eigenvalue weighted by Crippen LogP contribution is -1.91. The van der Waals surface area contributed by atoms with Crippen LogP contribution < -0.4 is 0 Å². The maximum Gasteiger partial charge on any atom is 0.168 e. The minimum atomic E-state index is 0.408. The number of rotatable bonds is 1. The molecule has 0 aliphatic rings. The number of benzene rings is 1. The van der Waals surface area contributed by atoms with Crippen LogP contribution in [-0.4, -0.2) is 21.2 Å². The first-order chi connectivity index (χ1) is 7.88. The molecule has 2 aromatic heterocycles. The summed E-state index contributed by atoms with van der Waals surface area (Å²) in [5, 5.41) is 0.957. The molecule has 16 heavy (non-hydrogen) atoms. The highest BCUT2D eigenvalue weighted by atomic mass is 16.1. The molecule has 0 saturated heterocycles. The Kier molecular flexibility index (Phi) is 1.86. The maximum atomic E-state index is 10.7. The van der Waals surface area contributed by atoms with E-state index in [2.05, 4.69) is 15.0 Å². The zero-order valence-electron chi connectivity index (χ0n) is 8.29. The Morgan fingerprint density at radius 1 is 0.938 bits per heavy atom. The summed E-state index contributed by atoms with van der Waals surface area (Å²) in [5.74, 6) is 0. The first kappa shape index (κ1) is 8.91. The van der Waals surface area contributed by atoms with Crippen LogP contribution in [0.2, 0.25) is 0 Å². The number of carbonyl (C=O) groups is 1. The van der Waals surface area contributed by atoms with Gasteiger partial charge in [-0.25, -0.2) is 4.98 Å². The van der Waals surface area contributed by atoms with Crippen LogP contribution in [0.1, 0.15) is 10.5 Å². The summed E-state index contributed by atoms with van der Waals surface area (Å²) in [5.41, 5.74) is 2.63. The van der Waals surface area contributed by atoms with Crippen molar-refractivity contribution in [3.63, 3.8) is 0 Å². The molecule has 0 saturated carbocycles. The van der Waals surface area contributed by atoms with Gasteiger partial charge in [-0.1, -0.05) is 12.1 Å². The van der Waals surface area contributed by atoms with Crippen LogP contribution >= 0.6 is 0 Å². The molecule has 0 aliphatic carbocycles. The van der Waals surface area contributed by atoms with E-state index in [9.17, 15) is 4.79 Å². The van der Waals surface area contributed by atoms with E-state index in [4.69, 9.17) is 0 Å². The van der Waals surface area contributed by atoms with Crippen LogP contribution in [0.5, 0.6) is 0 Å². The average molecular weight is 209 g/mol. The van der Waals surface area contributed by atoms with Gasteiger partial charge in [0.1, 0.15) is 11.2 Å². The van der Waals surface area contributed by atoms with Crippen molar-refractivity contribution in [2.75, 3.05) is 0 Å². The van der Waals surface area contributed by atoms with Crippen molar-refractivity contribution in [1.29, 1.82) is 0 Å². The minimum absolute atomic E-state index is 0.408. The molecule has 76 valence electrons. The topological polar surface area (TPSA) is 55.7 Å². The molecule has 4 nitrogen and oxygen atoms in total. The molecule has 0 amide bonds. The van der Waals surface area contributed by atoms with Gasteiger partial charge in [-0.2, -0.15) is 0 Å². The van der Waals surface area contributed by atoms with Gasteiger partial charge in [-0.15, -0.1) is 0 Å². The lowest BCUT2D eigenvalue weighted by Gasteiger charge is -2.01. The van der Waals surface area contributed by atoms with Gasteiger partial charge < -0.3 is 0 Å². The van der Waals surface area contributed by atoms with Crippen molar-refractivity contribution in [1.82, 2.24) is 15.0 Å². The number of aromatic nitrogens is 3. The Labute approximate surface area is 91.0 Å². The Morgan fingerprint density at radius 2 is 1.75 bits per heavy atom. The Bertz CT molecular complexity index is 694. The molecule has 0 radical (unpaired) electrons. The van der Waals surface area contributed by atoms with Gasteiger partial charge in [-0.05, 0) is 12.1 Å². The van der Waals surface area contributed by atoms with Gasteiger partial charge in [0.2, 0.25) is 0 Å². The fourth-order valence-electron chi connectivity index (χ4n) is 1.70. The molecule has 4 heteroatoms. The molecule has 0 fully saturated rings. The normalized spacial score (nSPS) is 10.8. The van der Waals surface area contributed by atoms with Crippen molar-refractivity contribution in [2.45, 2.75) is 0 Å². The molecular formula is C12H7N3O. The van der Waals surface area contributed by atoms with Crippen molar-refractivity contribution in [2.24, 2.45) is 0 Å². The van der Waals surface area contributed by atoms with Crippen molar-refractivity contribution in [3.8, 4) is 0 Å². The fourth-order valence-corrected chi connectivity index (χ4v) is 1.70. The fraction of sp³-hybridized carbons (Fsp3) is 0. The second-order valence-corrected chi connectivity index (χ2v) is 3.42. The Morgan fingerprint density at radius 3 is 2.62 bits per heavy atom. The van der Waals surface area contributed by atoms with Crippen molar-refractivity contribution >= 4 is 28.2 Å². The molecule has 0 atom stereocenters. The molecule has 0 bridgehead atoms. The van der Waals surface area contributed by atoms with Crippen molar-refractivity contribution in [3.05, 3.63) is 42.4 Å². The third-order valence-electron chi connectivity index (χ3n) is 2.44. The molecule has 0 N–H and O–H groups in total. The lowest BCUT2D eigenvalue weighted by atomic mass is 10.1. The van der Waals surface area contributed by atoms with E-state index in [1.807, 2.05) is 18.2 Å². The zero-order chi connectivity index (χ0) is 11.0. The van der Waals surface area contributed by atoms with E-state index >= 15 is 0 Å². The second-order valence-electron chi connectivity index (χ2n) is 3.42. The van der Waals surface area contributed by atoms with Gasteiger partial charge in [0.25, 0.3) is 0 Å². The summed E-state index contributed by atoms with van der Waals surface area (Å²) >= 11 is 0. The third kappa shape index (κ3) is 1.24. The summed E-state index contributed by atoms with van der Waals surface area (Å²) in [6, 6.07) is 7.37.